The van der Waals surface area contributed by atoms with Gasteiger partial charge in [-0.25, -0.2) is 10.8 Å². The zero-order valence-electron chi connectivity index (χ0n) is 10.8. The number of hydrogen-bond acceptors (Lipinski definition) is 4. The molecule has 0 radical (unpaired) electrons. The van der Waals surface area contributed by atoms with Gasteiger partial charge in [0.1, 0.15) is 5.82 Å². The highest BCUT2D eigenvalue weighted by molar-refractivity contribution is 5.53. The first-order valence-electron chi connectivity index (χ1n) is 5.51. The molecule has 1 unspecified atom stereocenters. The van der Waals surface area contributed by atoms with Crippen LogP contribution >= 0.6 is 0 Å². The third kappa shape index (κ3) is 2.85. The Morgan fingerprint density at radius 3 is 2.56 bits per heavy atom. The van der Waals surface area contributed by atoms with Gasteiger partial charge in [-0.2, -0.15) is 0 Å². The van der Waals surface area contributed by atoms with Crippen molar-refractivity contribution in [3.8, 4) is 0 Å². The summed E-state index contributed by atoms with van der Waals surface area (Å²) in [7, 11) is 2.09. The molecule has 0 saturated carbocycles. The van der Waals surface area contributed by atoms with Gasteiger partial charge in [0, 0.05) is 31.0 Å². The van der Waals surface area contributed by atoms with Crippen LogP contribution in [-0.2, 0) is 0 Å². The second-order valence-corrected chi connectivity index (χ2v) is 5.20. The highest BCUT2D eigenvalue weighted by Gasteiger charge is 2.24. The summed E-state index contributed by atoms with van der Waals surface area (Å²) >= 11 is 0. The third-order valence-electron chi connectivity index (χ3n) is 3.13. The number of hydrazine groups is 1. The molecule has 1 aromatic heterocycles. The quantitative estimate of drug-likeness (QED) is 0.608. The summed E-state index contributed by atoms with van der Waals surface area (Å²) in [6, 6.07) is 4.37. The summed E-state index contributed by atoms with van der Waals surface area (Å²) < 4.78 is 0. The Bertz CT molecular complexity index is 343. The Morgan fingerprint density at radius 1 is 1.44 bits per heavy atom. The van der Waals surface area contributed by atoms with Crippen molar-refractivity contribution >= 4 is 11.5 Å². The zero-order chi connectivity index (χ0) is 12.3. The largest absolute Gasteiger partial charge is 0.371 e. The van der Waals surface area contributed by atoms with Crippen LogP contribution in [0.3, 0.4) is 0 Å². The molecule has 16 heavy (non-hydrogen) atoms. The minimum Gasteiger partial charge on any atom is -0.371 e. The molecule has 0 aliphatic heterocycles. The topological polar surface area (TPSA) is 54.2 Å². The highest BCUT2D eigenvalue weighted by atomic mass is 15.3. The van der Waals surface area contributed by atoms with Gasteiger partial charge in [0.15, 0.2) is 0 Å². The van der Waals surface area contributed by atoms with Crippen molar-refractivity contribution in [1.82, 2.24) is 4.98 Å². The molecule has 0 fully saturated rings. The highest BCUT2D eigenvalue weighted by Crippen LogP contribution is 2.27. The molecule has 1 rings (SSSR count). The first kappa shape index (κ1) is 12.8. The predicted molar refractivity (Wildman–Crippen MR) is 69.4 cm³/mol. The lowest BCUT2D eigenvalue weighted by molar-refractivity contribution is 0.330. The van der Waals surface area contributed by atoms with Crippen molar-refractivity contribution in [1.29, 1.82) is 0 Å². The molecule has 0 aliphatic rings. The van der Waals surface area contributed by atoms with E-state index in [1.54, 1.807) is 6.20 Å². The maximum Gasteiger partial charge on any atom is 0.141 e. The Kier molecular flexibility index (Phi) is 3.75. The molecule has 90 valence electrons. The zero-order valence-corrected chi connectivity index (χ0v) is 10.8. The maximum atomic E-state index is 5.35. The molecule has 4 heteroatoms. The van der Waals surface area contributed by atoms with Crippen LogP contribution in [0.4, 0.5) is 11.5 Å². The lowest BCUT2D eigenvalue weighted by Crippen LogP contribution is -2.39. The molecule has 1 aromatic rings. The summed E-state index contributed by atoms with van der Waals surface area (Å²) in [6.45, 7) is 8.92. The molecule has 0 aliphatic carbocycles. The summed E-state index contributed by atoms with van der Waals surface area (Å²) in [5.41, 5.74) is 3.91. The monoisotopic (exact) mass is 222 g/mol. The molecular formula is C12H22N4. The Balaban J connectivity index is 2.91. The number of nitrogens with zero attached hydrogens (tertiary/aromatic N) is 2. The Labute approximate surface area is 97.8 Å². The van der Waals surface area contributed by atoms with Crippen molar-refractivity contribution in [3.05, 3.63) is 18.3 Å². The number of aromatic nitrogens is 1. The van der Waals surface area contributed by atoms with Gasteiger partial charge >= 0.3 is 0 Å². The molecule has 1 heterocycles. The van der Waals surface area contributed by atoms with Crippen molar-refractivity contribution in [2.45, 2.75) is 33.7 Å². The van der Waals surface area contributed by atoms with Gasteiger partial charge in [-0.3, -0.25) is 0 Å². The number of nitrogens with one attached hydrogen (secondary N) is 1. The number of anilines is 2. The molecule has 4 nitrogen and oxygen atoms in total. The molecule has 1 atom stereocenters. The van der Waals surface area contributed by atoms with Gasteiger partial charge < -0.3 is 10.3 Å². The van der Waals surface area contributed by atoms with Gasteiger partial charge in [0.05, 0.1) is 0 Å². The summed E-state index contributed by atoms with van der Waals surface area (Å²) in [5.74, 6) is 6.04. The number of nitrogens with two attached hydrogens (primary N) is 1. The van der Waals surface area contributed by atoms with E-state index >= 15 is 0 Å². The summed E-state index contributed by atoms with van der Waals surface area (Å²) in [5, 5.41) is 0. The predicted octanol–water partition coefficient (Wildman–Crippen LogP) is 2.24. The van der Waals surface area contributed by atoms with Crippen LogP contribution in [0.2, 0.25) is 0 Å². The van der Waals surface area contributed by atoms with Crippen LogP contribution in [0.15, 0.2) is 18.3 Å². The van der Waals surface area contributed by atoms with Crippen LogP contribution in [0.5, 0.6) is 0 Å². The maximum absolute atomic E-state index is 5.35. The molecule has 0 saturated heterocycles. The second kappa shape index (κ2) is 4.70. The minimum atomic E-state index is 0.230. The van der Waals surface area contributed by atoms with E-state index < -0.39 is 0 Å². The number of hydrogen-bond donors (Lipinski definition) is 2. The van der Waals surface area contributed by atoms with E-state index in [-0.39, 0.29) is 5.41 Å². The van der Waals surface area contributed by atoms with Crippen molar-refractivity contribution in [2.24, 2.45) is 11.3 Å². The summed E-state index contributed by atoms with van der Waals surface area (Å²) in [4.78, 5) is 6.34. The first-order chi connectivity index (χ1) is 7.36. The number of rotatable bonds is 3. The van der Waals surface area contributed by atoms with Gasteiger partial charge in [0.25, 0.3) is 0 Å². The fourth-order valence-electron chi connectivity index (χ4n) is 1.52. The van der Waals surface area contributed by atoms with Gasteiger partial charge in [0.2, 0.25) is 0 Å². The lowest BCUT2D eigenvalue weighted by atomic mass is 9.87. The normalized spacial score (nSPS) is 13.4. The SMILES string of the molecule is CC(N(C)c1ccnc(NN)c1)C(C)(C)C. The number of pyridine rings is 1. The Hall–Kier alpha value is -1.29. The van der Waals surface area contributed by atoms with E-state index in [0.29, 0.717) is 11.9 Å². The average Bonchev–Trinajstić information content (AvgIpc) is 2.26. The fourth-order valence-corrected chi connectivity index (χ4v) is 1.52. The van der Waals surface area contributed by atoms with E-state index in [1.165, 1.54) is 0 Å². The van der Waals surface area contributed by atoms with Crippen LogP contribution in [0, 0.1) is 5.41 Å². The van der Waals surface area contributed by atoms with Crippen molar-refractivity contribution in [2.75, 3.05) is 17.4 Å². The molecular weight excluding hydrogens is 200 g/mol. The van der Waals surface area contributed by atoms with Crippen molar-refractivity contribution in [3.63, 3.8) is 0 Å². The second-order valence-electron chi connectivity index (χ2n) is 5.20. The van der Waals surface area contributed by atoms with Crippen LogP contribution < -0.4 is 16.2 Å². The first-order valence-corrected chi connectivity index (χ1v) is 5.51. The fraction of sp³-hybridized carbons (Fsp3) is 0.583. The average molecular weight is 222 g/mol. The van der Waals surface area contributed by atoms with Gasteiger partial charge in [-0.1, -0.05) is 20.8 Å². The Morgan fingerprint density at radius 2 is 2.06 bits per heavy atom. The van der Waals surface area contributed by atoms with E-state index in [4.69, 9.17) is 5.84 Å². The van der Waals surface area contributed by atoms with Crippen LogP contribution in [0.1, 0.15) is 27.7 Å². The third-order valence-corrected chi connectivity index (χ3v) is 3.13. The standard InChI is InChI=1S/C12H22N4/c1-9(12(2,3)4)16(5)10-6-7-14-11(8-10)15-13/h6-9H,13H2,1-5H3,(H,14,15). The minimum absolute atomic E-state index is 0.230. The van der Waals surface area contributed by atoms with E-state index in [1.807, 2.05) is 12.1 Å². The van der Waals surface area contributed by atoms with Gasteiger partial charge in [-0.05, 0) is 18.4 Å². The summed E-state index contributed by atoms with van der Waals surface area (Å²) in [6.07, 6.45) is 1.76. The number of nitrogen functional groups attached to an aromatic ring is 1. The van der Waals surface area contributed by atoms with Gasteiger partial charge in [-0.15, -0.1) is 0 Å². The van der Waals surface area contributed by atoms with E-state index in [9.17, 15) is 0 Å². The van der Waals surface area contributed by atoms with E-state index in [0.717, 1.165) is 5.69 Å². The molecule has 3 N–H and O–H groups in total. The van der Waals surface area contributed by atoms with Crippen molar-refractivity contribution < 1.29 is 0 Å². The lowest BCUT2D eigenvalue weighted by Gasteiger charge is -2.36. The van der Waals surface area contributed by atoms with Crippen LogP contribution in [-0.4, -0.2) is 18.1 Å². The molecule has 0 bridgehead atoms. The van der Waals surface area contributed by atoms with Crippen LogP contribution in [0.25, 0.3) is 0 Å². The molecule has 0 spiro atoms. The molecule has 0 amide bonds. The van der Waals surface area contributed by atoms with E-state index in [2.05, 4.69) is 50.1 Å². The molecule has 0 aromatic carbocycles. The smallest absolute Gasteiger partial charge is 0.141 e.